The van der Waals surface area contributed by atoms with Gasteiger partial charge in [-0.1, -0.05) is 24.3 Å². The third-order valence-electron chi connectivity index (χ3n) is 3.83. The van der Waals surface area contributed by atoms with E-state index in [-0.39, 0.29) is 18.1 Å². The second kappa shape index (κ2) is 9.00. The van der Waals surface area contributed by atoms with Crippen molar-refractivity contribution in [2.45, 2.75) is 11.1 Å². The lowest BCUT2D eigenvalue weighted by Crippen LogP contribution is -2.28. The molecule has 0 atom stereocenters. The minimum atomic E-state index is -0.967. The van der Waals surface area contributed by atoms with Gasteiger partial charge in [0.1, 0.15) is 5.75 Å². The second-order valence-corrected chi connectivity index (χ2v) is 8.43. The molecule has 0 aliphatic carbocycles. The summed E-state index contributed by atoms with van der Waals surface area (Å²) in [7, 11) is 0. The molecule has 0 bridgehead atoms. The third kappa shape index (κ3) is 5.19. The molecule has 1 aliphatic heterocycles. The van der Waals surface area contributed by atoms with Crippen LogP contribution in [-0.2, 0) is 11.3 Å². The van der Waals surface area contributed by atoms with Gasteiger partial charge in [-0.15, -0.1) is 23.5 Å². The van der Waals surface area contributed by atoms with Crippen molar-refractivity contribution in [2.75, 3.05) is 18.1 Å². The van der Waals surface area contributed by atoms with Crippen LogP contribution in [0.1, 0.15) is 26.1 Å². The number of carboxylic acid groups (broad SMARTS) is 1. The van der Waals surface area contributed by atoms with E-state index in [2.05, 4.69) is 5.32 Å². The first-order chi connectivity index (χ1) is 12.6. The smallest absolute Gasteiger partial charge is 0.335 e. The van der Waals surface area contributed by atoms with Crippen molar-refractivity contribution < 1.29 is 19.4 Å². The van der Waals surface area contributed by atoms with Crippen LogP contribution in [0.5, 0.6) is 5.75 Å². The van der Waals surface area contributed by atoms with Crippen molar-refractivity contribution in [1.29, 1.82) is 0 Å². The monoisotopic (exact) mass is 389 g/mol. The molecule has 2 N–H and O–H groups in total. The molecule has 136 valence electrons. The Hall–Kier alpha value is -2.12. The number of nitrogens with one attached hydrogen (secondary N) is 1. The summed E-state index contributed by atoms with van der Waals surface area (Å²) >= 11 is 3.90. The zero-order chi connectivity index (χ0) is 18.4. The molecular formula is C19H19NO4S2. The summed E-state index contributed by atoms with van der Waals surface area (Å²) in [4.78, 5) is 22.7. The molecule has 0 radical (unpaired) electrons. The Kier molecular flexibility index (Phi) is 6.46. The van der Waals surface area contributed by atoms with Gasteiger partial charge in [0.05, 0.1) is 10.1 Å². The summed E-state index contributed by atoms with van der Waals surface area (Å²) in [5.74, 6) is 1.85. The van der Waals surface area contributed by atoms with E-state index in [1.54, 1.807) is 12.1 Å². The normalized spacial score (nSPS) is 14.2. The van der Waals surface area contributed by atoms with Gasteiger partial charge in [0.2, 0.25) is 0 Å². The molecule has 0 saturated carbocycles. The number of carbonyl (C=O) groups is 2. The number of carboxylic acids is 1. The fourth-order valence-corrected chi connectivity index (χ4v) is 5.30. The van der Waals surface area contributed by atoms with Crippen molar-refractivity contribution in [3.63, 3.8) is 0 Å². The maximum Gasteiger partial charge on any atom is 0.335 e. The fraction of sp³-hybridized carbons (Fsp3) is 0.263. The molecule has 1 aliphatic rings. The van der Waals surface area contributed by atoms with E-state index < -0.39 is 5.97 Å². The number of aromatic carboxylic acids is 1. The molecule has 1 amide bonds. The summed E-state index contributed by atoms with van der Waals surface area (Å²) in [6, 6.07) is 14.3. The van der Waals surface area contributed by atoms with Crippen LogP contribution in [0, 0.1) is 0 Å². The summed E-state index contributed by atoms with van der Waals surface area (Å²) in [5.41, 5.74) is 2.33. The molecule has 1 saturated heterocycles. The molecule has 0 unspecified atom stereocenters. The van der Waals surface area contributed by atoms with Crippen molar-refractivity contribution in [3.05, 3.63) is 65.2 Å². The van der Waals surface area contributed by atoms with Crippen LogP contribution in [-0.4, -0.2) is 35.1 Å². The first kappa shape index (κ1) is 18.7. The highest BCUT2D eigenvalue weighted by Gasteiger charge is 2.18. The number of carbonyl (C=O) groups excluding carboxylic acids is 1. The van der Waals surface area contributed by atoms with Crippen LogP contribution in [0.3, 0.4) is 0 Å². The van der Waals surface area contributed by atoms with E-state index in [9.17, 15) is 9.59 Å². The van der Waals surface area contributed by atoms with Crippen molar-refractivity contribution in [1.82, 2.24) is 5.32 Å². The molecule has 2 aromatic rings. The van der Waals surface area contributed by atoms with Gasteiger partial charge < -0.3 is 15.2 Å². The predicted octanol–water partition coefficient (Wildman–Crippen LogP) is 3.56. The number of ether oxygens (including phenoxy) is 1. The SMILES string of the molecule is O=C(COc1ccc(C2SCCS2)cc1)NCc1ccc(C(=O)O)cc1. The Morgan fingerprint density at radius 2 is 1.69 bits per heavy atom. The lowest BCUT2D eigenvalue weighted by molar-refractivity contribution is -0.123. The van der Waals surface area contributed by atoms with E-state index in [1.807, 2.05) is 47.8 Å². The lowest BCUT2D eigenvalue weighted by atomic mass is 10.1. The Labute approximate surface area is 160 Å². The Balaban J connectivity index is 1.42. The largest absolute Gasteiger partial charge is 0.484 e. The second-order valence-electron chi connectivity index (χ2n) is 5.71. The first-order valence-corrected chi connectivity index (χ1v) is 10.3. The quantitative estimate of drug-likeness (QED) is 0.754. The highest BCUT2D eigenvalue weighted by molar-refractivity contribution is 8.19. The van der Waals surface area contributed by atoms with Gasteiger partial charge in [-0.25, -0.2) is 4.79 Å². The van der Waals surface area contributed by atoms with Crippen LogP contribution in [0.25, 0.3) is 0 Å². The molecular weight excluding hydrogens is 370 g/mol. The van der Waals surface area contributed by atoms with Crippen LogP contribution >= 0.6 is 23.5 Å². The highest BCUT2D eigenvalue weighted by Crippen LogP contribution is 2.45. The van der Waals surface area contributed by atoms with Gasteiger partial charge in [-0.3, -0.25) is 4.79 Å². The summed E-state index contributed by atoms with van der Waals surface area (Å²) in [5, 5.41) is 11.6. The number of hydrogen-bond donors (Lipinski definition) is 2. The van der Waals surface area contributed by atoms with Gasteiger partial charge in [0.15, 0.2) is 6.61 Å². The predicted molar refractivity (Wildman–Crippen MR) is 105 cm³/mol. The number of amides is 1. The van der Waals surface area contributed by atoms with Crippen LogP contribution in [0.15, 0.2) is 48.5 Å². The molecule has 0 aromatic heterocycles. The first-order valence-electron chi connectivity index (χ1n) is 8.17. The Bertz CT molecular complexity index is 756. The molecule has 7 heteroatoms. The number of benzene rings is 2. The maximum absolute atomic E-state index is 11.9. The summed E-state index contributed by atoms with van der Waals surface area (Å²) in [6.45, 7) is 0.274. The average molecular weight is 389 g/mol. The highest BCUT2D eigenvalue weighted by atomic mass is 32.2. The summed E-state index contributed by atoms with van der Waals surface area (Å²) < 4.78 is 6.02. The minimum Gasteiger partial charge on any atom is -0.484 e. The molecule has 26 heavy (non-hydrogen) atoms. The average Bonchev–Trinajstić information content (AvgIpc) is 3.20. The maximum atomic E-state index is 11.9. The van der Waals surface area contributed by atoms with E-state index in [1.165, 1.54) is 29.2 Å². The third-order valence-corrected chi connectivity index (χ3v) is 6.94. The zero-order valence-corrected chi connectivity index (χ0v) is 15.6. The number of hydrogen-bond acceptors (Lipinski definition) is 5. The standard InChI is InChI=1S/C19H19NO4S2/c21-17(20-11-13-1-3-14(4-2-13)18(22)23)12-24-16-7-5-15(6-8-16)19-25-9-10-26-19/h1-8,19H,9-12H2,(H,20,21)(H,22,23). The van der Waals surface area contributed by atoms with Crippen LogP contribution in [0.4, 0.5) is 0 Å². The zero-order valence-electron chi connectivity index (χ0n) is 14.0. The Morgan fingerprint density at radius 3 is 2.31 bits per heavy atom. The number of rotatable bonds is 7. The molecule has 3 rings (SSSR count). The van der Waals surface area contributed by atoms with Crippen molar-refractivity contribution in [2.24, 2.45) is 0 Å². The number of thioether (sulfide) groups is 2. The minimum absolute atomic E-state index is 0.0561. The van der Waals surface area contributed by atoms with Crippen LogP contribution < -0.4 is 10.1 Å². The molecule has 1 heterocycles. The molecule has 0 spiro atoms. The fourth-order valence-electron chi connectivity index (χ4n) is 2.44. The Morgan fingerprint density at radius 1 is 1.04 bits per heavy atom. The lowest BCUT2D eigenvalue weighted by Gasteiger charge is -2.10. The van der Waals surface area contributed by atoms with Gasteiger partial charge in [0, 0.05) is 18.1 Å². The van der Waals surface area contributed by atoms with E-state index in [0.29, 0.717) is 16.9 Å². The van der Waals surface area contributed by atoms with Crippen molar-refractivity contribution >= 4 is 35.4 Å². The van der Waals surface area contributed by atoms with E-state index in [0.717, 1.165) is 5.56 Å². The van der Waals surface area contributed by atoms with Crippen molar-refractivity contribution in [3.8, 4) is 5.75 Å². The van der Waals surface area contributed by atoms with Gasteiger partial charge in [-0.2, -0.15) is 0 Å². The summed E-state index contributed by atoms with van der Waals surface area (Å²) in [6.07, 6.45) is 0. The molecule has 2 aromatic carbocycles. The van der Waals surface area contributed by atoms with Gasteiger partial charge in [-0.05, 0) is 35.4 Å². The van der Waals surface area contributed by atoms with Crippen LogP contribution in [0.2, 0.25) is 0 Å². The topological polar surface area (TPSA) is 75.6 Å². The van der Waals surface area contributed by atoms with E-state index >= 15 is 0 Å². The molecule has 1 fully saturated rings. The molecule has 5 nitrogen and oxygen atoms in total. The van der Waals surface area contributed by atoms with Gasteiger partial charge >= 0.3 is 5.97 Å². The van der Waals surface area contributed by atoms with E-state index in [4.69, 9.17) is 9.84 Å². The van der Waals surface area contributed by atoms with Gasteiger partial charge in [0.25, 0.3) is 5.91 Å².